The number of carbonyl (C=O) groups excluding carboxylic acids is 2. The fourth-order valence-corrected chi connectivity index (χ4v) is 4.12. The molecule has 3 amide bonds. The fourth-order valence-electron chi connectivity index (χ4n) is 3.29. The minimum absolute atomic E-state index is 0.00749. The molecule has 6 heteroatoms. The number of hydrogen-bond donors (Lipinski definition) is 1. The van der Waals surface area contributed by atoms with Crippen molar-refractivity contribution >= 4 is 29.0 Å². The first-order chi connectivity index (χ1) is 13.1. The number of urea groups is 1. The minimum atomic E-state index is -0.185. The number of hydrogen-bond acceptors (Lipinski definition) is 3. The maximum Gasteiger partial charge on any atom is 0.322 e. The highest BCUT2D eigenvalue weighted by Gasteiger charge is 2.20. The molecule has 1 N–H and O–H groups in total. The topological polar surface area (TPSA) is 52.7 Å². The van der Waals surface area contributed by atoms with Gasteiger partial charge in [-0.3, -0.25) is 4.79 Å². The van der Waals surface area contributed by atoms with E-state index in [1.54, 1.807) is 29.4 Å². The van der Waals surface area contributed by atoms with E-state index in [2.05, 4.69) is 5.32 Å². The quantitative estimate of drug-likeness (QED) is 0.806. The molecular formula is C21H27N3O2S. The molecule has 27 heavy (non-hydrogen) atoms. The van der Waals surface area contributed by atoms with Crippen molar-refractivity contribution in [2.75, 3.05) is 25.5 Å². The molecule has 1 atom stereocenters. The number of rotatable bonds is 4. The molecular weight excluding hydrogens is 358 g/mol. The van der Waals surface area contributed by atoms with Gasteiger partial charge in [0.2, 0.25) is 0 Å². The molecule has 1 unspecified atom stereocenters. The summed E-state index contributed by atoms with van der Waals surface area (Å²) in [6.45, 7) is 3.64. The number of carbonyl (C=O) groups is 2. The molecule has 0 bridgehead atoms. The normalized spacial score (nSPS) is 15.7. The van der Waals surface area contributed by atoms with Crippen molar-refractivity contribution in [1.29, 1.82) is 0 Å². The zero-order valence-electron chi connectivity index (χ0n) is 16.0. The van der Waals surface area contributed by atoms with E-state index in [-0.39, 0.29) is 18.0 Å². The Morgan fingerprint density at radius 2 is 1.85 bits per heavy atom. The van der Waals surface area contributed by atoms with Gasteiger partial charge >= 0.3 is 6.03 Å². The third kappa shape index (κ3) is 4.89. The van der Waals surface area contributed by atoms with Gasteiger partial charge in [-0.15, -0.1) is 11.3 Å². The second kappa shape index (κ2) is 9.04. The Morgan fingerprint density at radius 3 is 2.52 bits per heavy atom. The van der Waals surface area contributed by atoms with Crippen LogP contribution in [-0.2, 0) is 0 Å². The summed E-state index contributed by atoms with van der Waals surface area (Å²) < 4.78 is 0. The summed E-state index contributed by atoms with van der Waals surface area (Å²) in [6, 6.07) is 11.1. The lowest BCUT2D eigenvalue weighted by atomic mass is 10.1. The molecule has 0 aliphatic carbocycles. The third-order valence-electron chi connectivity index (χ3n) is 5.11. The van der Waals surface area contributed by atoms with Crippen LogP contribution in [0.15, 0.2) is 41.8 Å². The summed E-state index contributed by atoms with van der Waals surface area (Å²) in [4.78, 5) is 30.1. The van der Waals surface area contributed by atoms with Gasteiger partial charge in [0.15, 0.2) is 0 Å². The number of likely N-dealkylation sites (tertiary alicyclic amines) is 1. The Balaban J connectivity index is 1.66. The van der Waals surface area contributed by atoms with Crippen molar-refractivity contribution < 1.29 is 9.59 Å². The van der Waals surface area contributed by atoms with Crippen LogP contribution >= 0.6 is 11.3 Å². The smallest absolute Gasteiger partial charge is 0.322 e. The zero-order chi connectivity index (χ0) is 19.2. The van der Waals surface area contributed by atoms with Crippen LogP contribution in [-0.4, -0.2) is 41.9 Å². The molecule has 0 radical (unpaired) electrons. The summed E-state index contributed by atoms with van der Waals surface area (Å²) in [5, 5.41) is 4.93. The van der Waals surface area contributed by atoms with Gasteiger partial charge in [-0.2, -0.15) is 0 Å². The monoisotopic (exact) mass is 385 g/mol. The average molecular weight is 386 g/mol. The molecule has 5 nitrogen and oxygen atoms in total. The third-order valence-corrected chi connectivity index (χ3v) is 6.15. The van der Waals surface area contributed by atoms with Crippen molar-refractivity contribution in [2.24, 2.45) is 0 Å². The minimum Gasteiger partial charge on any atom is -0.339 e. The van der Waals surface area contributed by atoms with Crippen LogP contribution in [0.3, 0.4) is 0 Å². The molecule has 1 fully saturated rings. The van der Waals surface area contributed by atoms with E-state index in [4.69, 9.17) is 0 Å². The molecule has 1 aromatic carbocycles. The predicted octanol–water partition coefficient (Wildman–Crippen LogP) is 4.99. The molecule has 2 aromatic rings. The number of thiophene rings is 1. The van der Waals surface area contributed by atoms with Crippen molar-refractivity contribution in [3.63, 3.8) is 0 Å². The Morgan fingerprint density at radius 1 is 1.11 bits per heavy atom. The predicted molar refractivity (Wildman–Crippen MR) is 110 cm³/mol. The summed E-state index contributed by atoms with van der Waals surface area (Å²) in [5.74, 6) is 0.0494. The molecule has 3 rings (SSSR count). The van der Waals surface area contributed by atoms with Crippen LogP contribution in [0.25, 0.3) is 0 Å². The van der Waals surface area contributed by atoms with E-state index in [1.807, 2.05) is 47.5 Å². The first kappa shape index (κ1) is 19.4. The van der Waals surface area contributed by atoms with Gasteiger partial charge in [0.05, 0.1) is 6.04 Å². The SMILES string of the molecule is CC(c1cccs1)N(C)C(=O)Nc1cccc(C(=O)N2CCCCCC2)c1. The summed E-state index contributed by atoms with van der Waals surface area (Å²) >= 11 is 1.64. The number of amides is 3. The standard InChI is InChI=1S/C21H27N3O2S/c1-16(19-11-8-14-27-19)23(2)21(26)22-18-10-7-9-17(15-18)20(25)24-12-5-3-4-6-13-24/h7-11,14-16H,3-6,12-13H2,1-2H3,(H,22,26). The summed E-state index contributed by atoms with van der Waals surface area (Å²) in [7, 11) is 1.78. The lowest BCUT2D eigenvalue weighted by Crippen LogP contribution is -2.33. The first-order valence-corrected chi connectivity index (χ1v) is 10.4. The van der Waals surface area contributed by atoms with E-state index in [1.165, 1.54) is 12.8 Å². The van der Waals surface area contributed by atoms with Gasteiger partial charge in [-0.1, -0.05) is 25.0 Å². The van der Waals surface area contributed by atoms with Crippen molar-refractivity contribution in [3.05, 3.63) is 52.2 Å². The number of benzene rings is 1. The molecule has 1 aliphatic rings. The van der Waals surface area contributed by atoms with Crippen LogP contribution in [0.5, 0.6) is 0 Å². The van der Waals surface area contributed by atoms with Crippen LogP contribution in [0, 0.1) is 0 Å². The highest BCUT2D eigenvalue weighted by atomic mass is 32.1. The van der Waals surface area contributed by atoms with Gasteiger partial charge < -0.3 is 15.1 Å². The van der Waals surface area contributed by atoms with Gasteiger partial charge in [0.25, 0.3) is 5.91 Å². The lowest BCUT2D eigenvalue weighted by Gasteiger charge is -2.24. The van der Waals surface area contributed by atoms with Gasteiger partial charge in [-0.05, 0) is 49.4 Å². The Bertz CT molecular complexity index is 767. The number of anilines is 1. The lowest BCUT2D eigenvalue weighted by molar-refractivity contribution is 0.0761. The second-order valence-electron chi connectivity index (χ2n) is 7.02. The Kier molecular flexibility index (Phi) is 6.50. The Hall–Kier alpha value is -2.34. The molecule has 1 aromatic heterocycles. The van der Waals surface area contributed by atoms with Crippen LogP contribution in [0.2, 0.25) is 0 Å². The van der Waals surface area contributed by atoms with E-state index >= 15 is 0 Å². The molecule has 1 saturated heterocycles. The van der Waals surface area contributed by atoms with E-state index in [0.717, 1.165) is 30.8 Å². The van der Waals surface area contributed by atoms with E-state index < -0.39 is 0 Å². The number of nitrogens with zero attached hydrogens (tertiary/aromatic N) is 2. The largest absolute Gasteiger partial charge is 0.339 e. The highest BCUT2D eigenvalue weighted by Crippen LogP contribution is 2.24. The highest BCUT2D eigenvalue weighted by molar-refractivity contribution is 7.10. The van der Waals surface area contributed by atoms with E-state index in [9.17, 15) is 9.59 Å². The molecule has 0 spiro atoms. The summed E-state index contributed by atoms with van der Waals surface area (Å²) in [6.07, 6.45) is 4.50. The van der Waals surface area contributed by atoms with Crippen molar-refractivity contribution in [2.45, 2.75) is 38.6 Å². The fraction of sp³-hybridized carbons (Fsp3) is 0.429. The van der Waals surface area contributed by atoms with Gasteiger partial charge in [0.1, 0.15) is 0 Å². The van der Waals surface area contributed by atoms with Crippen molar-refractivity contribution in [1.82, 2.24) is 9.80 Å². The van der Waals surface area contributed by atoms with Gasteiger partial charge in [-0.25, -0.2) is 4.79 Å². The van der Waals surface area contributed by atoms with Crippen LogP contribution in [0.4, 0.5) is 10.5 Å². The first-order valence-electron chi connectivity index (χ1n) is 9.53. The zero-order valence-corrected chi connectivity index (χ0v) is 16.8. The molecule has 144 valence electrons. The molecule has 1 aliphatic heterocycles. The maximum atomic E-state index is 12.8. The van der Waals surface area contributed by atoms with Crippen molar-refractivity contribution in [3.8, 4) is 0 Å². The maximum absolute atomic E-state index is 12.8. The van der Waals surface area contributed by atoms with Crippen LogP contribution in [0.1, 0.15) is 53.9 Å². The second-order valence-corrected chi connectivity index (χ2v) is 8.00. The van der Waals surface area contributed by atoms with Crippen LogP contribution < -0.4 is 5.32 Å². The summed E-state index contributed by atoms with van der Waals surface area (Å²) in [5.41, 5.74) is 1.27. The average Bonchev–Trinajstić information content (AvgIpc) is 3.09. The van der Waals surface area contributed by atoms with Gasteiger partial charge in [0, 0.05) is 36.3 Å². The Labute approximate surface area is 165 Å². The number of nitrogens with one attached hydrogen (secondary N) is 1. The molecule has 2 heterocycles. The van der Waals surface area contributed by atoms with E-state index in [0.29, 0.717) is 11.3 Å². The molecule has 0 saturated carbocycles.